The van der Waals surface area contributed by atoms with E-state index in [1.54, 1.807) is 0 Å². The van der Waals surface area contributed by atoms with Gasteiger partial charge in [-0.25, -0.2) is 0 Å². The molecule has 0 atom stereocenters. The van der Waals surface area contributed by atoms with Gasteiger partial charge in [-0.2, -0.15) is 0 Å². The number of carboxylic acids is 2. The molecule has 6 nitrogen and oxygen atoms in total. The summed E-state index contributed by atoms with van der Waals surface area (Å²) in [7, 11) is -2.88. The Morgan fingerprint density at radius 2 is 0.643 bits per heavy atom. The van der Waals surface area contributed by atoms with Crippen molar-refractivity contribution in [2.75, 3.05) is 34.5 Å². The van der Waals surface area contributed by atoms with Crippen molar-refractivity contribution in [1.29, 1.82) is 0 Å². The first-order chi connectivity index (χ1) is 13.0. The minimum absolute atomic E-state index is 0.939. The Balaban J connectivity index is -0.000000351. The fourth-order valence-electron chi connectivity index (χ4n) is 2.84. The van der Waals surface area contributed by atoms with E-state index in [0.717, 1.165) is 73.0 Å². The number of rotatable bonds is 12. The molecule has 28 heavy (non-hydrogen) atoms. The molecule has 0 N–H and O–H groups in total. The van der Waals surface area contributed by atoms with Crippen molar-refractivity contribution in [3.8, 4) is 0 Å². The Morgan fingerprint density at radius 1 is 0.500 bits per heavy atom. The third-order valence-electron chi connectivity index (χ3n) is 3.62. The van der Waals surface area contributed by atoms with Crippen LogP contribution in [0.3, 0.4) is 0 Å². The molecule has 0 saturated heterocycles. The Morgan fingerprint density at radius 3 is 0.714 bits per heavy atom. The molecule has 0 aliphatic rings. The molecule has 0 aliphatic heterocycles. The van der Waals surface area contributed by atoms with Gasteiger partial charge in [0.2, 0.25) is 0 Å². The van der Waals surface area contributed by atoms with E-state index in [-0.39, 0.29) is 0 Å². The molecule has 0 radical (unpaired) electrons. The SMILES string of the molecule is CCC[S+](=O)(CCC)CCC.CCC[S+](=O)(CCC)CCC.O=C([O-])C(=O)[O-]. The Bertz CT molecular complexity index is 400. The molecular formula is C20H42O6S2. The quantitative estimate of drug-likeness (QED) is 0.337. The average Bonchev–Trinajstić information content (AvgIpc) is 2.57. The Kier molecular flexibility index (Phi) is 22.3. The summed E-state index contributed by atoms with van der Waals surface area (Å²) in [5.41, 5.74) is 0. The van der Waals surface area contributed by atoms with Crippen molar-refractivity contribution in [3.63, 3.8) is 0 Å². The van der Waals surface area contributed by atoms with Crippen molar-refractivity contribution in [1.82, 2.24) is 0 Å². The topological polar surface area (TPSA) is 114 Å². The first-order valence-electron chi connectivity index (χ1n) is 10.4. The summed E-state index contributed by atoms with van der Waals surface area (Å²) in [4.78, 5) is 17.9. The minimum Gasteiger partial charge on any atom is -0.543 e. The number of hydrogen-bond donors (Lipinski definition) is 0. The van der Waals surface area contributed by atoms with Crippen molar-refractivity contribution in [2.24, 2.45) is 0 Å². The normalized spacial score (nSPS) is 10.9. The summed E-state index contributed by atoms with van der Waals surface area (Å²) in [6.45, 7) is 12.7. The zero-order valence-corrected chi connectivity index (χ0v) is 20.4. The van der Waals surface area contributed by atoms with E-state index in [4.69, 9.17) is 19.8 Å². The van der Waals surface area contributed by atoms with E-state index in [2.05, 4.69) is 41.5 Å². The smallest absolute Gasteiger partial charge is 0.112 e. The average molecular weight is 443 g/mol. The molecule has 0 aliphatic carbocycles. The van der Waals surface area contributed by atoms with Gasteiger partial charge in [-0.05, 0) is 38.5 Å². The van der Waals surface area contributed by atoms with Gasteiger partial charge in [-0.3, -0.25) is 0 Å². The molecule has 0 aromatic carbocycles. The van der Waals surface area contributed by atoms with Crippen LogP contribution in [0.1, 0.15) is 80.1 Å². The number of aliphatic carboxylic acids is 2. The number of carbonyl (C=O) groups is 2. The number of carbonyl (C=O) groups excluding carboxylic acids is 2. The maximum Gasteiger partial charge on any atom is 0.112 e. The molecule has 0 aromatic heterocycles. The molecule has 8 heteroatoms. The van der Waals surface area contributed by atoms with Crippen LogP contribution in [0.15, 0.2) is 0 Å². The van der Waals surface area contributed by atoms with Crippen LogP contribution in [0.2, 0.25) is 0 Å². The molecule has 0 saturated carbocycles. The van der Waals surface area contributed by atoms with Crippen LogP contribution in [-0.2, 0) is 37.9 Å². The fourth-order valence-corrected chi connectivity index (χ4v) is 8.53. The van der Waals surface area contributed by atoms with Crippen LogP contribution < -0.4 is 10.2 Å². The first-order valence-corrected chi connectivity index (χ1v) is 14.5. The van der Waals surface area contributed by atoms with Crippen LogP contribution in [0, 0.1) is 0 Å². The van der Waals surface area contributed by atoms with Crippen molar-refractivity contribution >= 4 is 31.8 Å². The molecule has 0 aromatic rings. The van der Waals surface area contributed by atoms with E-state index in [1.165, 1.54) is 0 Å². The Hall–Kier alpha value is -0.760. The van der Waals surface area contributed by atoms with Gasteiger partial charge in [0.15, 0.2) is 0 Å². The second kappa shape index (κ2) is 19.6. The lowest BCUT2D eigenvalue weighted by Crippen LogP contribution is -2.42. The van der Waals surface area contributed by atoms with Gasteiger partial charge in [0, 0.05) is 0 Å². The van der Waals surface area contributed by atoms with Gasteiger partial charge in [0.25, 0.3) is 0 Å². The summed E-state index contributed by atoms with van der Waals surface area (Å²) in [5.74, 6) is 1.26. The van der Waals surface area contributed by atoms with Crippen molar-refractivity contribution in [2.45, 2.75) is 80.1 Å². The lowest BCUT2D eigenvalue weighted by Gasteiger charge is -2.08. The summed E-state index contributed by atoms with van der Waals surface area (Å²) < 4.78 is 24.0. The summed E-state index contributed by atoms with van der Waals surface area (Å²) in [6.07, 6.45) is 6.41. The third-order valence-corrected chi connectivity index (χ3v) is 10.5. The summed E-state index contributed by atoms with van der Waals surface area (Å²) >= 11 is 0. The Labute approximate surface area is 174 Å². The molecule has 170 valence electrons. The van der Waals surface area contributed by atoms with Gasteiger partial charge in [-0.1, -0.05) is 41.5 Å². The fraction of sp³-hybridized carbons (Fsp3) is 0.900. The zero-order chi connectivity index (χ0) is 22.6. The maximum absolute atomic E-state index is 12.0. The molecule has 0 bridgehead atoms. The highest BCUT2D eigenvalue weighted by molar-refractivity contribution is 8.03. The van der Waals surface area contributed by atoms with Crippen molar-refractivity contribution < 1.29 is 28.2 Å². The second-order valence-corrected chi connectivity index (χ2v) is 13.0. The van der Waals surface area contributed by atoms with E-state index in [1.807, 2.05) is 0 Å². The first kappa shape index (κ1) is 31.9. The number of carboxylic acid groups (broad SMARTS) is 2. The van der Waals surface area contributed by atoms with Gasteiger partial charge >= 0.3 is 0 Å². The van der Waals surface area contributed by atoms with E-state index in [9.17, 15) is 8.42 Å². The van der Waals surface area contributed by atoms with E-state index < -0.39 is 31.8 Å². The molecule has 0 rings (SSSR count). The lowest BCUT2D eigenvalue weighted by atomic mass is 10.6. The second-order valence-electron chi connectivity index (χ2n) is 6.73. The van der Waals surface area contributed by atoms with Gasteiger partial charge in [0.1, 0.15) is 34.5 Å². The monoisotopic (exact) mass is 442 g/mol. The molecule has 0 unspecified atom stereocenters. The van der Waals surface area contributed by atoms with Gasteiger partial charge in [-0.15, -0.1) is 8.42 Å². The van der Waals surface area contributed by atoms with E-state index in [0.29, 0.717) is 0 Å². The zero-order valence-electron chi connectivity index (χ0n) is 18.8. The van der Waals surface area contributed by atoms with Crippen LogP contribution in [0.5, 0.6) is 0 Å². The molecule has 0 heterocycles. The number of hydrogen-bond acceptors (Lipinski definition) is 6. The highest BCUT2D eigenvalue weighted by Crippen LogP contribution is 2.11. The molecule has 0 spiro atoms. The maximum atomic E-state index is 12.0. The molecule has 0 fully saturated rings. The minimum atomic E-state index is -2.19. The van der Waals surface area contributed by atoms with Crippen LogP contribution >= 0.6 is 0 Å². The van der Waals surface area contributed by atoms with Gasteiger partial charge < -0.3 is 19.8 Å². The largest absolute Gasteiger partial charge is 0.543 e. The van der Waals surface area contributed by atoms with Crippen LogP contribution in [-0.4, -0.2) is 46.5 Å². The third kappa shape index (κ3) is 20.0. The predicted molar refractivity (Wildman–Crippen MR) is 117 cm³/mol. The summed E-state index contributed by atoms with van der Waals surface area (Å²) in [5, 5.41) is 17.9. The van der Waals surface area contributed by atoms with Crippen molar-refractivity contribution in [3.05, 3.63) is 0 Å². The van der Waals surface area contributed by atoms with E-state index >= 15 is 0 Å². The standard InChI is InChI=1S/2C9H21OS.C2H2O4/c2*1-4-7-11(10,8-5-2)9-6-3;3-1(4)2(5)6/h2*4-9H2,1-3H3;(H,3,4)(H,5,6)/q2*+1;/p-2. The summed E-state index contributed by atoms with van der Waals surface area (Å²) in [6, 6.07) is 0. The van der Waals surface area contributed by atoms with Crippen LogP contribution in [0.25, 0.3) is 0 Å². The molecular weight excluding hydrogens is 400 g/mol. The highest BCUT2D eigenvalue weighted by Gasteiger charge is 2.24. The molecule has 0 amide bonds. The van der Waals surface area contributed by atoms with Crippen LogP contribution in [0.4, 0.5) is 0 Å². The van der Waals surface area contributed by atoms with Gasteiger partial charge in [0.05, 0.1) is 31.8 Å². The predicted octanol–water partition coefficient (Wildman–Crippen LogP) is 1.92. The lowest BCUT2D eigenvalue weighted by molar-refractivity contribution is -0.345. The highest BCUT2D eigenvalue weighted by atomic mass is 32.2.